The van der Waals surface area contributed by atoms with E-state index < -0.39 is 5.97 Å². The number of carbonyl (C=O) groups excluding carboxylic acids is 1. The van der Waals surface area contributed by atoms with Crippen molar-refractivity contribution in [1.29, 1.82) is 0 Å². The molecule has 2 rings (SSSR count). The van der Waals surface area contributed by atoms with E-state index in [1.807, 2.05) is 31.2 Å². The van der Waals surface area contributed by atoms with Crippen molar-refractivity contribution in [2.24, 2.45) is 0 Å². The number of aromatic carboxylic acids is 1. The molecule has 0 atom stereocenters. The molecule has 0 aliphatic carbocycles. The van der Waals surface area contributed by atoms with Crippen LogP contribution in [0.15, 0.2) is 40.8 Å². The molecular formula is C16H17NO5. The average molecular weight is 303 g/mol. The Morgan fingerprint density at radius 3 is 2.59 bits per heavy atom. The molecular weight excluding hydrogens is 286 g/mol. The summed E-state index contributed by atoms with van der Waals surface area (Å²) in [6.07, 6.45) is 0. The molecule has 0 aliphatic rings. The molecule has 0 saturated heterocycles. The lowest BCUT2D eigenvalue weighted by Crippen LogP contribution is -2.30. The highest BCUT2D eigenvalue weighted by molar-refractivity contribution is 5.93. The predicted molar refractivity (Wildman–Crippen MR) is 79.3 cm³/mol. The van der Waals surface area contributed by atoms with Gasteiger partial charge in [-0.1, -0.05) is 12.1 Å². The van der Waals surface area contributed by atoms with Crippen LogP contribution in [0.4, 0.5) is 0 Å². The van der Waals surface area contributed by atoms with Crippen molar-refractivity contribution >= 4 is 11.9 Å². The van der Waals surface area contributed by atoms with Crippen LogP contribution >= 0.6 is 0 Å². The summed E-state index contributed by atoms with van der Waals surface area (Å²) >= 11 is 0. The first kappa shape index (κ1) is 15.6. The van der Waals surface area contributed by atoms with Crippen LogP contribution in [-0.2, 0) is 0 Å². The summed E-state index contributed by atoms with van der Waals surface area (Å²) < 4.78 is 10.5. The van der Waals surface area contributed by atoms with E-state index in [4.69, 9.17) is 14.3 Å². The number of hydrogen-bond acceptors (Lipinski definition) is 4. The zero-order chi connectivity index (χ0) is 16.1. The van der Waals surface area contributed by atoms with Gasteiger partial charge in [0.1, 0.15) is 12.4 Å². The molecule has 1 aromatic heterocycles. The number of carbonyl (C=O) groups is 2. The number of carboxylic acids is 1. The highest BCUT2D eigenvalue weighted by Crippen LogP contribution is 2.13. The largest absolute Gasteiger partial charge is 0.492 e. The Morgan fingerprint density at radius 2 is 1.95 bits per heavy atom. The minimum atomic E-state index is -1.20. The zero-order valence-electron chi connectivity index (χ0n) is 12.4. The van der Waals surface area contributed by atoms with E-state index >= 15 is 0 Å². The first-order chi connectivity index (χ1) is 10.5. The predicted octanol–water partition coefficient (Wildman–Crippen LogP) is 2.44. The number of likely N-dealkylation sites (N-methyl/N-ethyl adjacent to an activating group) is 1. The van der Waals surface area contributed by atoms with Crippen LogP contribution in [-0.4, -0.2) is 42.1 Å². The van der Waals surface area contributed by atoms with Crippen LogP contribution in [0.3, 0.4) is 0 Å². The summed E-state index contributed by atoms with van der Waals surface area (Å²) in [5.41, 5.74) is 1.10. The number of amides is 1. The van der Waals surface area contributed by atoms with E-state index in [9.17, 15) is 9.59 Å². The summed E-state index contributed by atoms with van der Waals surface area (Å²) in [4.78, 5) is 24.2. The van der Waals surface area contributed by atoms with Gasteiger partial charge in [-0.2, -0.15) is 0 Å². The minimum absolute atomic E-state index is 0.00421. The van der Waals surface area contributed by atoms with Gasteiger partial charge in [0.05, 0.1) is 6.54 Å². The molecule has 2 aromatic rings. The lowest BCUT2D eigenvalue weighted by Gasteiger charge is -2.16. The van der Waals surface area contributed by atoms with Gasteiger partial charge in [-0.05, 0) is 36.8 Å². The van der Waals surface area contributed by atoms with Gasteiger partial charge >= 0.3 is 5.97 Å². The summed E-state index contributed by atoms with van der Waals surface area (Å²) in [5.74, 6) is -1.11. The van der Waals surface area contributed by atoms with Gasteiger partial charge in [0.2, 0.25) is 5.76 Å². The molecule has 0 unspecified atom stereocenters. The normalized spacial score (nSPS) is 10.3. The fourth-order valence-corrected chi connectivity index (χ4v) is 1.86. The molecule has 116 valence electrons. The lowest BCUT2D eigenvalue weighted by atomic mass is 10.2. The van der Waals surface area contributed by atoms with Gasteiger partial charge < -0.3 is 19.2 Å². The van der Waals surface area contributed by atoms with E-state index in [2.05, 4.69) is 0 Å². The van der Waals surface area contributed by atoms with Crippen molar-refractivity contribution in [2.75, 3.05) is 20.2 Å². The van der Waals surface area contributed by atoms with Crippen LogP contribution in [0.25, 0.3) is 0 Å². The number of nitrogens with zero attached hydrogens (tertiary/aromatic N) is 1. The van der Waals surface area contributed by atoms with E-state index in [0.29, 0.717) is 13.2 Å². The van der Waals surface area contributed by atoms with Gasteiger partial charge in [0, 0.05) is 7.05 Å². The third-order valence-corrected chi connectivity index (χ3v) is 3.06. The Kier molecular flexibility index (Phi) is 4.83. The molecule has 1 N–H and O–H groups in total. The van der Waals surface area contributed by atoms with Crippen LogP contribution in [0.2, 0.25) is 0 Å². The quantitative estimate of drug-likeness (QED) is 0.886. The smallest absolute Gasteiger partial charge is 0.371 e. The van der Waals surface area contributed by atoms with Gasteiger partial charge in [-0.15, -0.1) is 0 Å². The lowest BCUT2D eigenvalue weighted by molar-refractivity contribution is 0.0651. The third-order valence-electron chi connectivity index (χ3n) is 3.06. The second kappa shape index (κ2) is 6.80. The number of aryl methyl sites for hydroxylation is 1. The van der Waals surface area contributed by atoms with Gasteiger partial charge in [-0.3, -0.25) is 4.79 Å². The number of carboxylic acid groups (broad SMARTS) is 1. The Morgan fingerprint density at radius 1 is 1.23 bits per heavy atom. The summed E-state index contributed by atoms with van der Waals surface area (Å²) in [7, 11) is 1.60. The number of hydrogen-bond donors (Lipinski definition) is 1. The van der Waals surface area contributed by atoms with Crippen LogP contribution in [0, 0.1) is 6.92 Å². The SMILES string of the molecule is Cc1cccc(OCCN(C)C(=O)c2ccc(C(=O)O)o2)c1. The summed E-state index contributed by atoms with van der Waals surface area (Å²) in [6.45, 7) is 2.66. The molecule has 0 spiro atoms. The van der Waals surface area contributed by atoms with Crippen molar-refractivity contribution in [3.63, 3.8) is 0 Å². The number of benzene rings is 1. The van der Waals surface area contributed by atoms with E-state index in [-0.39, 0.29) is 17.4 Å². The maximum Gasteiger partial charge on any atom is 0.371 e. The van der Waals surface area contributed by atoms with Crippen LogP contribution in [0.5, 0.6) is 5.75 Å². The Balaban J connectivity index is 1.87. The number of furan rings is 1. The fourth-order valence-electron chi connectivity index (χ4n) is 1.86. The van der Waals surface area contributed by atoms with Crippen LogP contribution in [0.1, 0.15) is 26.7 Å². The van der Waals surface area contributed by atoms with E-state index in [1.54, 1.807) is 7.05 Å². The molecule has 1 heterocycles. The highest BCUT2D eigenvalue weighted by Gasteiger charge is 2.18. The Bertz CT molecular complexity index is 677. The van der Waals surface area contributed by atoms with Crippen molar-refractivity contribution < 1.29 is 23.8 Å². The maximum absolute atomic E-state index is 12.1. The molecule has 1 amide bonds. The number of ether oxygens (including phenoxy) is 1. The van der Waals surface area contributed by atoms with Gasteiger partial charge in [0.15, 0.2) is 5.76 Å². The second-order valence-electron chi connectivity index (χ2n) is 4.86. The van der Waals surface area contributed by atoms with Gasteiger partial charge in [0.25, 0.3) is 5.91 Å². The molecule has 1 aromatic carbocycles. The average Bonchev–Trinajstić information content (AvgIpc) is 2.96. The number of rotatable bonds is 6. The highest BCUT2D eigenvalue weighted by atomic mass is 16.5. The monoisotopic (exact) mass is 303 g/mol. The first-order valence-electron chi connectivity index (χ1n) is 6.75. The van der Waals surface area contributed by atoms with Crippen molar-refractivity contribution in [1.82, 2.24) is 4.90 Å². The van der Waals surface area contributed by atoms with E-state index in [1.165, 1.54) is 17.0 Å². The summed E-state index contributed by atoms with van der Waals surface area (Å²) in [6, 6.07) is 10.2. The molecule has 0 saturated carbocycles. The molecule has 6 heteroatoms. The van der Waals surface area contributed by atoms with Crippen molar-refractivity contribution in [3.8, 4) is 5.75 Å². The molecule has 22 heavy (non-hydrogen) atoms. The standard InChI is InChI=1S/C16H17NO5/c1-11-4-3-5-12(10-11)21-9-8-17(2)15(18)13-6-7-14(22-13)16(19)20/h3-7,10H,8-9H2,1-2H3,(H,19,20). The molecule has 0 bridgehead atoms. The van der Waals surface area contributed by atoms with Crippen molar-refractivity contribution in [3.05, 3.63) is 53.5 Å². The minimum Gasteiger partial charge on any atom is -0.492 e. The molecule has 6 nitrogen and oxygen atoms in total. The Labute approximate surface area is 127 Å². The molecule has 0 aliphatic heterocycles. The fraction of sp³-hybridized carbons (Fsp3) is 0.250. The zero-order valence-corrected chi connectivity index (χ0v) is 12.4. The van der Waals surface area contributed by atoms with Gasteiger partial charge in [-0.25, -0.2) is 4.79 Å². The second-order valence-corrected chi connectivity index (χ2v) is 4.86. The first-order valence-corrected chi connectivity index (χ1v) is 6.75. The Hall–Kier alpha value is -2.76. The van der Waals surface area contributed by atoms with E-state index in [0.717, 1.165) is 11.3 Å². The third kappa shape index (κ3) is 3.88. The maximum atomic E-state index is 12.1. The summed E-state index contributed by atoms with van der Waals surface area (Å²) in [5, 5.41) is 8.77. The van der Waals surface area contributed by atoms with Crippen molar-refractivity contribution in [2.45, 2.75) is 6.92 Å². The molecule has 0 fully saturated rings. The topological polar surface area (TPSA) is 80.0 Å². The van der Waals surface area contributed by atoms with Crippen LogP contribution < -0.4 is 4.74 Å². The molecule has 0 radical (unpaired) electrons.